The Morgan fingerprint density at radius 3 is 2.45 bits per heavy atom. The summed E-state index contributed by atoms with van der Waals surface area (Å²) in [5, 5.41) is 11.6. The van der Waals surface area contributed by atoms with Crippen molar-refractivity contribution < 1.29 is 27.2 Å². The summed E-state index contributed by atoms with van der Waals surface area (Å²) in [7, 11) is 0. The van der Waals surface area contributed by atoms with E-state index in [0.717, 1.165) is 12.1 Å². The predicted octanol–water partition coefficient (Wildman–Crippen LogP) is 4.01. The van der Waals surface area contributed by atoms with Gasteiger partial charge in [-0.1, -0.05) is 6.07 Å². The number of amides is 2. The van der Waals surface area contributed by atoms with E-state index in [1.54, 1.807) is 18.7 Å². The van der Waals surface area contributed by atoms with E-state index in [1.807, 2.05) is 0 Å². The molecule has 4 rings (SSSR count). The van der Waals surface area contributed by atoms with Crippen LogP contribution in [0.3, 0.4) is 0 Å². The molecule has 38 heavy (non-hydrogen) atoms. The SMILES string of the molecule is Cc1nnn(Cc2cc(C(F)(F)F)ccc2/C=C/C(=O)N2CCC(c3c(C(N)=O)ccc(F)c3C)CC2)n1. The Hall–Kier alpha value is -4.09. The van der Waals surface area contributed by atoms with Gasteiger partial charge in [-0.15, -0.1) is 10.2 Å². The van der Waals surface area contributed by atoms with E-state index in [0.29, 0.717) is 48.4 Å². The molecule has 2 heterocycles. The van der Waals surface area contributed by atoms with Crippen molar-refractivity contribution in [1.82, 2.24) is 25.1 Å². The lowest BCUT2D eigenvalue weighted by Gasteiger charge is -2.33. The van der Waals surface area contributed by atoms with Gasteiger partial charge in [0.25, 0.3) is 0 Å². The van der Waals surface area contributed by atoms with Gasteiger partial charge in [-0.2, -0.15) is 18.0 Å². The zero-order valence-corrected chi connectivity index (χ0v) is 20.8. The number of benzene rings is 2. The van der Waals surface area contributed by atoms with E-state index in [9.17, 15) is 27.2 Å². The number of primary amides is 1. The standard InChI is InChI=1S/C26H26F4N6O2/c1-15-22(27)7-6-21(25(31)38)24(15)18-9-11-35(12-10-18)23(37)8-4-17-3-5-20(26(28,29)30)13-19(17)14-36-33-16(2)32-34-36/h3-8,13,18H,9-12,14H2,1-2H3,(H2,31,38)/b8-4+. The fourth-order valence-electron chi connectivity index (χ4n) is 4.72. The fourth-order valence-corrected chi connectivity index (χ4v) is 4.72. The lowest BCUT2D eigenvalue weighted by atomic mass is 9.83. The highest BCUT2D eigenvalue weighted by atomic mass is 19.4. The summed E-state index contributed by atoms with van der Waals surface area (Å²) in [4.78, 5) is 27.6. The second kappa shape index (κ2) is 10.7. The van der Waals surface area contributed by atoms with Crippen LogP contribution in [0.2, 0.25) is 0 Å². The van der Waals surface area contributed by atoms with Crippen molar-refractivity contribution in [2.75, 3.05) is 13.1 Å². The molecular weight excluding hydrogens is 504 g/mol. The Kier molecular flexibility index (Phi) is 7.61. The maximum absolute atomic E-state index is 14.2. The van der Waals surface area contributed by atoms with Crippen molar-refractivity contribution in [3.63, 3.8) is 0 Å². The first-order valence-electron chi connectivity index (χ1n) is 11.9. The smallest absolute Gasteiger partial charge is 0.366 e. The number of nitrogens with zero attached hydrogens (tertiary/aromatic N) is 5. The number of hydrogen-bond acceptors (Lipinski definition) is 5. The monoisotopic (exact) mass is 530 g/mol. The van der Waals surface area contributed by atoms with Crippen molar-refractivity contribution in [2.45, 2.75) is 45.3 Å². The number of nitrogens with two attached hydrogens (primary N) is 1. The number of aryl methyl sites for hydroxylation is 1. The van der Waals surface area contributed by atoms with Crippen LogP contribution in [0.5, 0.6) is 0 Å². The van der Waals surface area contributed by atoms with E-state index in [4.69, 9.17) is 5.73 Å². The van der Waals surface area contributed by atoms with Gasteiger partial charge >= 0.3 is 6.18 Å². The van der Waals surface area contributed by atoms with E-state index in [2.05, 4.69) is 15.4 Å². The molecule has 2 N–H and O–H groups in total. The van der Waals surface area contributed by atoms with E-state index in [1.165, 1.54) is 35.1 Å². The highest BCUT2D eigenvalue weighted by Crippen LogP contribution is 2.34. The summed E-state index contributed by atoms with van der Waals surface area (Å²) < 4.78 is 54.1. The Bertz CT molecular complexity index is 1390. The zero-order chi connectivity index (χ0) is 27.6. The van der Waals surface area contributed by atoms with E-state index < -0.39 is 23.5 Å². The van der Waals surface area contributed by atoms with E-state index >= 15 is 0 Å². The quantitative estimate of drug-likeness (QED) is 0.383. The lowest BCUT2D eigenvalue weighted by Crippen LogP contribution is -2.37. The molecule has 0 atom stereocenters. The molecule has 0 unspecified atom stereocenters. The molecule has 200 valence electrons. The number of rotatable bonds is 6. The molecule has 0 aliphatic carbocycles. The molecule has 1 fully saturated rings. The van der Waals surface area contributed by atoms with Crippen molar-refractivity contribution in [1.29, 1.82) is 0 Å². The average molecular weight is 531 g/mol. The highest BCUT2D eigenvalue weighted by Gasteiger charge is 2.31. The highest BCUT2D eigenvalue weighted by molar-refractivity contribution is 5.95. The van der Waals surface area contributed by atoms with E-state index in [-0.39, 0.29) is 29.5 Å². The van der Waals surface area contributed by atoms with Crippen LogP contribution in [-0.2, 0) is 17.5 Å². The topological polar surface area (TPSA) is 107 Å². The van der Waals surface area contributed by atoms with Crippen LogP contribution in [0.4, 0.5) is 17.6 Å². The average Bonchev–Trinajstić information content (AvgIpc) is 3.28. The third-order valence-electron chi connectivity index (χ3n) is 6.67. The maximum Gasteiger partial charge on any atom is 0.416 e. The summed E-state index contributed by atoms with van der Waals surface area (Å²) in [6.07, 6.45) is -0.735. The van der Waals surface area contributed by atoms with Gasteiger partial charge in [-0.25, -0.2) is 4.39 Å². The second-order valence-electron chi connectivity index (χ2n) is 9.21. The van der Waals surface area contributed by atoms with Crippen LogP contribution in [0, 0.1) is 19.7 Å². The predicted molar refractivity (Wildman–Crippen MR) is 130 cm³/mol. The molecule has 0 spiro atoms. The van der Waals surface area contributed by atoms with Crippen LogP contribution in [0.25, 0.3) is 6.08 Å². The Labute approximate surface area is 216 Å². The molecule has 2 aromatic carbocycles. The number of carbonyl (C=O) groups is 2. The van der Waals surface area contributed by atoms with Gasteiger partial charge in [0.15, 0.2) is 5.82 Å². The van der Waals surface area contributed by atoms with Crippen LogP contribution in [0.1, 0.15) is 62.8 Å². The Balaban J connectivity index is 1.49. The largest absolute Gasteiger partial charge is 0.416 e. The number of hydrogen-bond donors (Lipinski definition) is 1. The molecule has 3 aromatic rings. The van der Waals surface area contributed by atoms with Gasteiger partial charge in [0.2, 0.25) is 11.8 Å². The molecule has 0 saturated carbocycles. The minimum Gasteiger partial charge on any atom is -0.366 e. The summed E-state index contributed by atoms with van der Waals surface area (Å²) in [5.74, 6) is -1.12. The normalized spacial score (nSPS) is 14.8. The molecule has 1 aliphatic rings. The molecular formula is C26H26F4N6O2. The van der Waals surface area contributed by atoms with Crippen molar-refractivity contribution >= 4 is 17.9 Å². The number of piperidine rings is 1. The van der Waals surface area contributed by atoms with Crippen LogP contribution in [-0.4, -0.2) is 50.0 Å². The molecule has 0 bridgehead atoms. The number of halogens is 4. The first-order chi connectivity index (χ1) is 17.9. The number of tetrazole rings is 1. The molecule has 1 aromatic heterocycles. The Morgan fingerprint density at radius 1 is 1.13 bits per heavy atom. The Morgan fingerprint density at radius 2 is 1.84 bits per heavy atom. The first-order valence-corrected chi connectivity index (χ1v) is 11.9. The fraction of sp³-hybridized carbons (Fsp3) is 0.346. The van der Waals surface area contributed by atoms with Crippen molar-refractivity contribution in [2.24, 2.45) is 5.73 Å². The van der Waals surface area contributed by atoms with Crippen molar-refractivity contribution in [3.05, 3.63) is 81.4 Å². The lowest BCUT2D eigenvalue weighted by molar-refractivity contribution is -0.137. The van der Waals surface area contributed by atoms with Gasteiger partial charge in [0.05, 0.1) is 12.1 Å². The van der Waals surface area contributed by atoms with Gasteiger partial charge in [-0.3, -0.25) is 9.59 Å². The van der Waals surface area contributed by atoms with Gasteiger partial charge < -0.3 is 10.6 Å². The summed E-state index contributed by atoms with van der Waals surface area (Å²) in [5.41, 5.74) is 6.59. The molecule has 12 heteroatoms. The first kappa shape index (κ1) is 27.0. The molecule has 2 amide bonds. The van der Waals surface area contributed by atoms with Crippen LogP contribution < -0.4 is 5.73 Å². The number of alkyl halides is 3. The van der Waals surface area contributed by atoms with Gasteiger partial charge in [0, 0.05) is 24.7 Å². The maximum atomic E-state index is 14.2. The number of aromatic nitrogens is 4. The molecule has 0 radical (unpaired) electrons. The molecule has 8 nitrogen and oxygen atoms in total. The molecule has 1 saturated heterocycles. The third-order valence-corrected chi connectivity index (χ3v) is 6.67. The minimum atomic E-state index is -4.53. The van der Waals surface area contributed by atoms with Gasteiger partial charge in [-0.05, 0) is 90.4 Å². The molecule has 1 aliphatic heterocycles. The summed E-state index contributed by atoms with van der Waals surface area (Å²) in [6, 6.07) is 5.87. The van der Waals surface area contributed by atoms with Gasteiger partial charge in [0.1, 0.15) is 5.82 Å². The number of carbonyl (C=O) groups excluding carboxylic acids is 2. The second-order valence-corrected chi connectivity index (χ2v) is 9.21. The van der Waals surface area contributed by atoms with Crippen LogP contribution in [0.15, 0.2) is 36.4 Å². The third kappa shape index (κ3) is 5.90. The minimum absolute atomic E-state index is 0.0563. The summed E-state index contributed by atoms with van der Waals surface area (Å²) >= 11 is 0. The summed E-state index contributed by atoms with van der Waals surface area (Å²) in [6.45, 7) is 3.89. The zero-order valence-electron chi connectivity index (χ0n) is 20.8. The number of likely N-dealkylation sites (tertiary alicyclic amines) is 1. The van der Waals surface area contributed by atoms with Crippen molar-refractivity contribution in [3.8, 4) is 0 Å². The van der Waals surface area contributed by atoms with Crippen LogP contribution >= 0.6 is 0 Å².